The molecule has 1 heterocycles. The zero-order valence-electron chi connectivity index (χ0n) is 12.2. The highest BCUT2D eigenvalue weighted by molar-refractivity contribution is 6.29. The molecule has 0 aromatic carbocycles. The van der Waals surface area contributed by atoms with Gasteiger partial charge in [-0.1, -0.05) is 32.4 Å². The number of carboxylic acids is 1. The molecule has 2 N–H and O–H groups in total. The molecule has 5 nitrogen and oxygen atoms in total. The minimum atomic E-state index is -0.743. The Morgan fingerprint density at radius 1 is 1.40 bits per heavy atom. The third kappa shape index (κ3) is 6.19. The zero-order valence-corrected chi connectivity index (χ0v) is 12.9. The summed E-state index contributed by atoms with van der Waals surface area (Å²) < 4.78 is 0. The predicted molar refractivity (Wildman–Crippen MR) is 80.0 cm³/mol. The molecule has 1 aromatic heterocycles. The van der Waals surface area contributed by atoms with Gasteiger partial charge in [0.2, 0.25) is 0 Å². The molecule has 6 heteroatoms. The van der Waals surface area contributed by atoms with Crippen LogP contribution in [-0.2, 0) is 4.79 Å². The Labute approximate surface area is 124 Å². The van der Waals surface area contributed by atoms with E-state index in [-0.39, 0.29) is 11.8 Å². The minimum absolute atomic E-state index is 0.0805. The number of nitrogens with zero attached hydrogens (tertiary/aromatic N) is 2. The van der Waals surface area contributed by atoms with Crippen molar-refractivity contribution < 1.29 is 9.90 Å². The lowest BCUT2D eigenvalue weighted by Crippen LogP contribution is -2.24. The van der Waals surface area contributed by atoms with Gasteiger partial charge in [0.05, 0.1) is 12.4 Å². The minimum Gasteiger partial charge on any atom is -0.481 e. The van der Waals surface area contributed by atoms with Gasteiger partial charge in [0.15, 0.2) is 0 Å². The van der Waals surface area contributed by atoms with Crippen molar-refractivity contribution in [1.29, 1.82) is 0 Å². The van der Waals surface area contributed by atoms with E-state index in [9.17, 15) is 4.79 Å². The van der Waals surface area contributed by atoms with Gasteiger partial charge in [0.1, 0.15) is 11.0 Å². The lowest BCUT2D eigenvalue weighted by molar-refractivity contribution is -0.137. The van der Waals surface area contributed by atoms with Crippen LogP contribution < -0.4 is 5.32 Å². The second-order valence-corrected chi connectivity index (χ2v) is 6.33. The fourth-order valence-corrected chi connectivity index (χ4v) is 2.26. The number of hydrogen-bond donors (Lipinski definition) is 2. The standard InChI is InChI=1S/C14H22ClN3O2/c1-14(2,3)10(4-5-13(19)20)6-7-17-12-9-16-8-11(15)18-12/h8-10H,4-7H2,1-3H3,(H,17,18)(H,19,20). The van der Waals surface area contributed by atoms with E-state index in [0.717, 1.165) is 13.0 Å². The van der Waals surface area contributed by atoms with E-state index < -0.39 is 5.97 Å². The van der Waals surface area contributed by atoms with Gasteiger partial charge < -0.3 is 10.4 Å². The molecule has 0 bridgehead atoms. The first-order valence-corrected chi connectivity index (χ1v) is 7.10. The molecule has 0 aliphatic carbocycles. The SMILES string of the molecule is CC(C)(C)C(CCNc1cncc(Cl)n1)CCC(=O)O. The van der Waals surface area contributed by atoms with E-state index in [1.807, 2.05) is 0 Å². The number of halogens is 1. The fraction of sp³-hybridized carbons (Fsp3) is 0.643. The van der Waals surface area contributed by atoms with Gasteiger partial charge in [-0.2, -0.15) is 0 Å². The van der Waals surface area contributed by atoms with Crippen LogP contribution in [0.4, 0.5) is 5.82 Å². The highest BCUT2D eigenvalue weighted by atomic mass is 35.5. The summed E-state index contributed by atoms with van der Waals surface area (Å²) in [5, 5.41) is 12.3. The van der Waals surface area contributed by atoms with Crippen LogP contribution in [0.1, 0.15) is 40.0 Å². The molecular weight excluding hydrogens is 278 g/mol. The van der Waals surface area contributed by atoms with Crippen LogP contribution in [0.3, 0.4) is 0 Å². The monoisotopic (exact) mass is 299 g/mol. The van der Waals surface area contributed by atoms with E-state index >= 15 is 0 Å². The molecule has 112 valence electrons. The Morgan fingerprint density at radius 2 is 2.10 bits per heavy atom. The maximum atomic E-state index is 10.7. The second kappa shape index (κ2) is 7.43. The van der Waals surface area contributed by atoms with E-state index in [1.54, 1.807) is 6.20 Å². The van der Waals surface area contributed by atoms with Crippen LogP contribution in [0.15, 0.2) is 12.4 Å². The van der Waals surface area contributed by atoms with Crippen molar-refractivity contribution in [2.24, 2.45) is 11.3 Å². The molecule has 1 unspecified atom stereocenters. The quantitative estimate of drug-likeness (QED) is 0.806. The van der Waals surface area contributed by atoms with E-state index in [1.165, 1.54) is 6.20 Å². The van der Waals surface area contributed by atoms with E-state index in [0.29, 0.717) is 23.3 Å². The van der Waals surface area contributed by atoms with Gasteiger partial charge in [-0.05, 0) is 24.2 Å². The zero-order chi connectivity index (χ0) is 15.2. The molecule has 0 aliphatic rings. The van der Waals surface area contributed by atoms with E-state index in [2.05, 4.69) is 36.1 Å². The average Bonchev–Trinajstić information content (AvgIpc) is 2.31. The summed E-state index contributed by atoms with van der Waals surface area (Å²) >= 11 is 5.76. The van der Waals surface area contributed by atoms with Gasteiger partial charge in [-0.3, -0.25) is 9.78 Å². The van der Waals surface area contributed by atoms with Gasteiger partial charge in [0.25, 0.3) is 0 Å². The van der Waals surface area contributed by atoms with Crippen LogP contribution in [-0.4, -0.2) is 27.6 Å². The maximum absolute atomic E-state index is 10.7. The summed E-state index contributed by atoms with van der Waals surface area (Å²) in [4.78, 5) is 18.8. The third-order valence-corrected chi connectivity index (χ3v) is 3.52. The van der Waals surface area contributed by atoms with Crippen molar-refractivity contribution >= 4 is 23.4 Å². The fourth-order valence-electron chi connectivity index (χ4n) is 2.11. The van der Waals surface area contributed by atoms with Crippen molar-refractivity contribution in [1.82, 2.24) is 9.97 Å². The first kappa shape index (κ1) is 16.7. The molecule has 0 fully saturated rings. The molecule has 0 radical (unpaired) electrons. The Bertz CT molecular complexity index is 446. The van der Waals surface area contributed by atoms with Crippen molar-refractivity contribution in [3.8, 4) is 0 Å². The number of hydrogen-bond acceptors (Lipinski definition) is 4. The average molecular weight is 300 g/mol. The number of carbonyl (C=O) groups is 1. The number of anilines is 1. The van der Waals surface area contributed by atoms with Crippen LogP contribution >= 0.6 is 11.6 Å². The molecule has 20 heavy (non-hydrogen) atoms. The smallest absolute Gasteiger partial charge is 0.303 e. The van der Waals surface area contributed by atoms with Crippen molar-refractivity contribution in [3.63, 3.8) is 0 Å². The van der Waals surface area contributed by atoms with Crippen LogP contribution in [0.5, 0.6) is 0 Å². The molecule has 1 atom stereocenters. The van der Waals surface area contributed by atoms with Crippen molar-refractivity contribution in [2.75, 3.05) is 11.9 Å². The summed E-state index contributed by atoms with van der Waals surface area (Å²) in [5.41, 5.74) is 0.0805. The summed E-state index contributed by atoms with van der Waals surface area (Å²) in [6.07, 6.45) is 4.87. The number of aromatic nitrogens is 2. The van der Waals surface area contributed by atoms with Gasteiger partial charge >= 0.3 is 5.97 Å². The molecule has 0 spiro atoms. The number of nitrogens with one attached hydrogen (secondary N) is 1. The molecular formula is C14H22ClN3O2. The van der Waals surface area contributed by atoms with E-state index in [4.69, 9.17) is 16.7 Å². The van der Waals surface area contributed by atoms with Crippen molar-refractivity contribution in [2.45, 2.75) is 40.0 Å². The van der Waals surface area contributed by atoms with Crippen LogP contribution in [0, 0.1) is 11.3 Å². The molecule has 0 saturated heterocycles. The number of carboxylic acid groups (broad SMARTS) is 1. The van der Waals surface area contributed by atoms with Gasteiger partial charge in [-0.25, -0.2) is 4.98 Å². The van der Waals surface area contributed by atoms with Crippen LogP contribution in [0.2, 0.25) is 5.15 Å². The molecule has 1 aromatic rings. The number of aliphatic carboxylic acids is 1. The first-order valence-electron chi connectivity index (χ1n) is 6.72. The summed E-state index contributed by atoms with van der Waals surface area (Å²) in [5.74, 6) is 0.231. The second-order valence-electron chi connectivity index (χ2n) is 5.94. The lowest BCUT2D eigenvalue weighted by Gasteiger charge is -2.30. The molecule has 1 rings (SSSR count). The Hall–Kier alpha value is -1.36. The summed E-state index contributed by atoms with van der Waals surface area (Å²) in [6, 6.07) is 0. The predicted octanol–water partition coefficient (Wildman–Crippen LogP) is 3.46. The Morgan fingerprint density at radius 3 is 2.65 bits per heavy atom. The number of rotatable bonds is 7. The van der Waals surface area contributed by atoms with Gasteiger partial charge in [-0.15, -0.1) is 0 Å². The highest BCUT2D eigenvalue weighted by Gasteiger charge is 2.24. The Balaban J connectivity index is 2.48. The summed E-state index contributed by atoms with van der Waals surface area (Å²) in [6.45, 7) is 7.13. The summed E-state index contributed by atoms with van der Waals surface area (Å²) in [7, 11) is 0. The van der Waals surface area contributed by atoms with Crippen LogP contribution in [0.25, 0.3) is 0 Å². The first-order chi connectivity index (χ1) is 9.29. The molecule has 0 saturated carbocycles. The lowest BCUT2D eigenvalue weighted by atomic mass is 9.76. The topological polar surface area (TPSA) is 75.1 Å². The Kier molecular flexibility index (Phi) is 6.20. The normalized spacial score (nSPS) is 13.0. The molecule has 0 aliphatic heterocycles. The van der Waals surface area contributed by atoms with Gasteiger partial charge in [0, 0.05) is 13.0 Å². The molecule has 0 amide bonds. The largest absolute Gasteiger partial charge is 0.481 e. The van der Waals surface area contributed by atoms with Crippen molar-refractivity contribution in [3.05, 3.63) is 17.5 Å². The highest BCUT2D eigenvalue weighted by Crippen LogP contribution is 2.32. The maximum Gasteiger partial charge on any atom is 0.303 e. The third-order valence-electron chi connectivity index (χ3n) is 3.34.